The van der Waals surface area contributed by atoms with Crippen LogP contribution in [0.4, 0.5) is 0 Å². The van der Waals surface area contributed by atoms with Crippen molar-refractivity contribution in [1.82, 2.24) is 20.4 Å². The predicted octanol–water partition coefficient (Wildman–Crippen LogP) is 2.93. The Bertz CT molecular complexity index is 935. The van der Waals surface area contributed by atoms with Crippen molar-refractivity contribution in [2.24, 2.45) is 11.3 Å². The number of hydrogen-bond donors (Lipinski definition) is 1. The topological polar surface area (TPSA) is 75.2 Å². The SMILES string of the molecule is CC1C(NC(=O)C23CCC(CC2)C3)CCN1C(=O)c1cc2ccccc2nn1. The first-order valence-corrected chi connectivity index (χ1v) is 10.4. The minimum atomic E-state index is -0.133. The van der Waals surface area contributed by atoms with E-state index < -0.39 is 0 Å². The molecule has 2 amide bonds. The van der Waals surface area contributed by atoms with Crippen LogP contribution >= 0.6 is 0 Å². The van der Waals surface area contributed by atoms with Crippen molar-refractivity contribution in [3.63, 3.8) is 0 Å². The fraction of sp³-hybridized carbons (Fsp3) is 0.545. The molecule has 2 heterocycles. The van der Waals surface area contributed by atoms with E-state index in [-0.39, 0.29) is 29.3 Å². The standard InChI is InChI=1S/C22H26N4O2/c1-14-17(23-21(28)22-9-6-15(13-22)7-10-22)8-11-26(14)20(27)19-12-16-4-2-3-5-18(16)24-25-19/h2-5,12,14-15,17H,6-11,13H2,1H3,(H,23,28). The number of rotatable bonds is 3. The smallest absolute Gasteiger partial charge is 0.274 e. The number of nitrogens with one attached hydrogen (secondary N) is 1. The summed E-state index contributed by atoms with van der Waals surface area (Å²) in [5.74, 6) is 0.850. The summed E-state index contributed by atoms with van der Waals surface area (Å²) >= 11 is 0. The first-order chi connectivity index (χ1) is 13.6. The maximum atomic E-state index is 13.0. The van der Waals surface area contributed by atoms with Gasteiger partial charge in [-0.2, -0.15) is 0 Å². The van der Waals surface area contributed by atoms with Crippen molar-refractivity contribution in [2.45, 2.75) is 57.5 Å². The van der Waals surface area contributed by atoms with E-state index in [1.807, 2.05) is 36.1 Å². The fourth-order valence-electron chi connectivity index (χ4n) is 5.49. The van der Waals surface area contributed by atoms with Gasteiger partial charge in [0, 0.05) is 23.4 Å². The number of aromatic nitrogens is 2. The highest BCUT2D eigenvalue weighted by Crippen LogP contribution is 2.54. The summed E-state index contributed by atoms with van der Waals surface area (Å²) in [6.45, 7) is 2.66. The molecule has 1 aliphatic heterocycles. The zero-order valence-electron chi connectivity index (χ0n) is 16.2. The molecule has 1 N–H and O–H groups in total. The summed E-state index contributed by atoms with van der Waals surface area (Å²) in [5.41, 5.74) is 1.01. The fourth-order valence-corrected chi connectivity index (χ4v) is 5.49. The van der Waals surface area contributed by atoms with Crippen LogP contribution in [0.15, 0.2) is 30.3 Å². The zero-order chi connectivity index (χ0) is 19.3. The van der Waals surface area contributed by atoms with Crippen molar-refractivity contribution >= 4 is 22.7 Å². The normalized spacial score (nSPS) is 31.5. The molecule has 1 aromatic carbocycles. The van der Waals surface area contributed by atoms with Crippen molar-refractivity contribution in [2.75, 3.05) is 6.54 Å². The van der Waals surface area contributed by atoms with Gasteiger partial charge < -0.3 is 10.2 Å². The van der Waals surface area contributed by atoms with E-state index in [4.69, 9.17) is 0 Å². The Hall–Kier alpha value is -2.50. The molecule has 146 valence electrons. The zero-order valence-corrected chi connectivity index (χ0v) is 16.2. The average Bonchev–Trinajstić information content (AvgIpc) is 3.43. The Balaban J connectivity index is 1.29. The van der Waals surface area contributed by atoms with Gasteiger partial charge in [-0.3, -0.25) is 9.59 Å². The molecule has 3 aliphatic rings. The lowest BCUT2D eigenvalue weighted by molar-refractivity contribution is -0.131. The van der Waals surface area contributed by atoms with E-state index in [1.54, 1.807) is 6.07 Å². The van der Waals surface area contributed by atoms with Gasteiger partial charge in [-0.05, 0) is 63.5 Å². The maximum absolute atomic E-state index is 13.0. The molecule has 2 aliphatic carbocycles. The van der Waals surface area contributed by atoms with E-state index >= 15 is 0 Å². The third-order valence-electron chi connectivity index (χ3n) is 7.27. The molecular formula is C22H26N4O2. The lowest BCUT2D eigenvalue weighted by Gasteiger charge is -2.30. The van der Waals surface area contributed by atoms with Crippen LogP contribution in [0.2, 0.25) is 0 Å². The quantitative estimate of drug-likeness (QED) is 0.891. The number of nitrogens with zero attached hydrogens (tertiary/aromatic N) is 3. The Labute approximate surface area is 164 Å². The van der Waals surface area contributed by atoms with Gasteiger partial charge in [-0.25, -0.2) is 0 Å². The largest absolute Gasteiger partial charge is 0.351 e. The van der Waals surface area contributed by atoms with Crippen molar-refractivity contribution in [1.29, 1.82) is 0 Å². The number of hydrogen-bond acceptors (Lipinski definition) is 4. The summed E-state index contributed by atoms with van der Waals surface area (Å²) < 4.78 is 0. The summed E-state index contributed by atoms with van der Waals surface area (Å²) in [5, 5.41) is 12.5. The molecule has 2 saturated carbocycles. The minimum Gasteiger partial charge on any atom is -0.351 e. The van der Waals surface area contributed by atoms with Crippen LogP contribution in [0.5, 0.6) is 0 Å². The number of likely N-dealkylation sites (tertiary alicyclic amines) is 1. The Kier molecular flexibility index (Phi) is 4.11. The molecule has 3 fully saturated rings. The van der Waals surface area contributed by atoms with Crippen LogP contribution in [0.1, 0.15) is 55.9 Å². The summed E-state index contributed by atoms with van der Waals surface area (Å²) in [4.78, 5) is 27.8. The van der Waals surface area contributed by atoms with Crippen molar-refractivity contribution in [3.8, 4) is 0 Å². The van der Waals surface area contributed by atoms with Gasteiger partial charge in [0.1, 0.15) is 0 Å². The van der Waals surface area contributed by atoms with Crippen LogP contribution in [0, 0.1) is 11.3 Å². The molecular weight excluding hydrogens is 352 g/mol. The molecule has 2 aromatic rings. The molecule has 2 atom stereocenters. The Morgan fingerprint density at radius 3 is 2.68 bits per heavy atom. The molecule has 28 heavy (non-hydrogen) atoms. The molecule has 2 unspecified atom stereocenters. The molecule has 6 nitrogen and oxygen atoms in total. The third-order valence-corrected chi connectivity index (χ3v) is 7.27. The van der Waals surface area contributed by atoms with E-state index in [0.29, 0.717) is 12.2 Å². The second kappa shape index (κ2) is 6.54. The summed E-state index contributed by atoms with van der Waals surface area (Å²) in [7, 11) is 0. The predicted molar refractivity (Wildman–Crippen MR) is 106 cm³/mol. The monoisotopic (exact) mass is 378 g/mol. The number of carbonyl (C=O) groups is 2. The highest BCUT2D eigenvalue weighted by molar-refractivity contribution is 5.95. The van der Waals surface area contributed by atoms with E-state index in [2.05, 4.69) is 15.5 Å². The second-order valence-corrected chi connectivity index (χ2v) is 8.82. The van der Waals surface area contributed by atoms with Gasteiger partial charge in [0.2, 0.25) is 5.91 Å². The van der Waals surface area contributed by atoms with Crippen LogP contribution in [0.25, 0.3) is 10.9 Å². The van der Waals surface area contributed by atoms with Gasteiger partial charge in [0.15, 0.2) is 5.69 Å². The van der Waals surface area contributed by atoms with E-state index in [9.17, 15) is 9.59 Å². The first kappa shape index (κ1) is 17.6. The molecule has 0 spiro atoms. The van der Waals surface area contributed by atoms with Gasteiger partial charge in [0.25, 0.3) is 5.91 Å². The molecule has 2 bridgehead atoms. The van der Waals surface area contributed by atoms with E-state index in [1.165, 1.54) is 12.8 Å². The molecule has 0 radical (unpaired) electrons. The van der Waals surface area contributed by atoms with Gasteiger partial charge >= 0.3 is 0 Å². The first-order valence-electron chi connectivity index (χ1n) is 10.4. The highest BCUT2D eigenvalue weighted by atomic mass is 16.2. The van der Waals surface area contributed by atoms with Crippen molar-refractivity contribution < 1.29 is 9.59 Å². The lowest BCUT2D eigenvalue weighted by Crippen LogP contribution is -2.49. The number of carbonyl (C=O) groups excluding carboxylic acids is 2. The Morgan fingerprint density at radius 1 is 1.14 bits per heavy atom. The minimum absolute atomic E-state index is 0.0129. The Morgan fingerprint density at radius 2 is 1.93 bits per heavy atom. The summed E-state index contributed by atoms with van der Waals surface area (Å²) in [6, 6.07) is 9.44. The van der Waals surface area contributed by atoms with Crippen LogP contribution in [-0.2, 0) is 4.79 Å². The molecule has 6 heteroatoms. The number of amides is 2. The highest BCUT2D eigenvalue weighted by Gasteiger charge is 2.51. The summed E-state index contributed by atoms with van der Waals surface area (Å²) in [6.07, 6.45) is 6.28. The molecule has 1 saturated heterocycles. The van der Waals surface area contributed by atoms with E-state index in [0.717, 1.165) is 42.5 Å². The van der Waals surface area contributed by atoms with Crippen LogP contribution < -0.4 is 5.32 Å². The van der Waals surface area contributed by atoms with Gasteiger partial charge in [-0.15, -0.1) is 10.2 Å². The van der Waals surface area contributed by atoms with Crippen molar-refractivity contribution in [3.05, 3.63) is 36.0 Å². The lowest BCUT2D eigenvalue weighted by atomic mass is 9.83. The third kappa shape index (κ3) is 2.77. The molecule has 1 aromatic heterocycles. The number of fused-ring (bicyclic) bond motifs is 3. The molecule has 5 rings (SSSR count). The average molecular weight is 378 g/mol. The maximum Gasteiger partial charge on any atom is 0.274 e. The van der Waals surface area contributed by atoms with Crippen LogP contribution in [0.3, 0.4) is 0 Å². The number of benzene rings is 1. The van der Waals surface area contributed by atoms with Gasteiger partial charge in [-0.1, -0.05) is 18.2 Å². The van der Waals surface area contributed by atoms with Gasteiger partial charge in [0.05, 0.1) is 11.6 Å². The second-order valence-electron chi connectivity index (χ2n) is 8.82. The van der Waals surface area contributed by atoms with Crippen LogP contribution in [-0.4, -0.2) is 45.5 Å².